The molecule has 21 heavy (non-hydrogen) atoms. The van der Waals surface area contributed by atoms with Crippen molar-refractivity contribution in [2.24, 2.45) is 5.92 Å². The number of unbranched alkanes of at least 4 members (excludes halogenated alkanes) is 2. The number of nitrogens with one attached hydrogen (secondary N) is 1. The van der Waals surface area contributed by atoms with Gasteiger partial charge in [-0.25, -0.2) is 8.42 Å². The second-order valence-electron chi connectivity index (χ2n) is 6.45. The average Bonchev–Trinajstić information content (AvgIpc) is 2.93. The van der Waals surface area contributed by atoms with E-state index < -0.39 is 10.0 Å². The normalized spacial score (nSPS) is 25.5. The Bertz CT molecular complexity index is 394. The van der Waals surface area contributed by atoms with Gasteiger partial charge in [0.25, 0.3) is 0 Å². The molecule has 1 N–H and O–H groups in total. The third kappa shape index (κ3) is 6.22. The molecule has 2 heterocycles. The molecule has 2 fully saturated rings. The van der Waals surface area contributed by atoms with Gasteiger partial charge in [0.2, 0.25) is 10.0 Å². The van der Waals surface area contributed by atoms with Crippen LogP contribution in [0.5, 0.6) is 0 Å². The summed E-state index contributed by atoms with van der Waals surface area (Å²) in [6, 6.07) is 0. The van der Waals surface area contributed by atoms with Crippen molar-refractivity contribution in [2.45, 2.75) is 51.0 Å². The molecule has 0 bridgehead atoms. The van der Waals surface area contributed by atoms with Gasteiger partial charge in [0, 0.05) is 19.7 Å². The molecule has 0 aromatic carbocycles. The lowest BCUT2D eigenvalue weighted by atomic mass is 9.92. The number of sulfonamides is 1. The van der Waals surface area contributed by atoms with E-state index in [9.17, 15) is 8.42 Å². The van der Waals surface area contributed by atoms with Gasteiger partial charge in [-0.15, -0.1) is 0 Å². The Morgan fingerprint density at radius 2 is 1.90 bits per heavy atom. The summed E-state index contributed by atoms with van der Waals surface area (Å²) in [6.07, 6.45) is 9.86. The van der Waals surface area contributed by atoms with Crippen molar-refractivity contribution in [3.05, 3.63) is 0 Å². The Hall–Kier alpha value is -0.170. The second-order valence-corrected chi connectivity index (χ2v) is 8.43. The lowest BCUT2D eigenvalue weighted by molar-refractivity contribution is 0.0606. The van der Waals surface area contributed by atoms with Crippen molar-refractivity contribution < 1.29 is 13.2 Å². The molecule has 0 amide bonds. The van der Waals surface area contributed by atoms with Gasteiger partial charge in [-0.2, -0.15) is 4.31 Å². The number of piperidine rings is 1. The molecule has 124 valence electrons. The van der Waals surface area contributed by atoms with E-state index in [1.165, 1.54) is 55.8 Å². The van der Waals surface area contributed by atoms with E-state index in [1.807, 2.05) is 0 Å². The predicted octanol–water partition coefficient (Wildman–Crippen LogP) is 1.60. The maximum Gasteiger partial charge on any atom is 0.211 e. The van der Waals surface area contributed by atoms with Gasteiger partial charge < -0.3 is 10.1 Å². The Kier molecular flexibility index (Phi) is 6.92. The highest BCUT2D eigenvalue weighted by atomic mass is 32.2. The minimum atomic E-state index is -3.04. The molecule has 5 nitrogen and oxygen atoms in total. The van der Waals surface area contributed by atoms with Crippen LogP contribution in [0.3, 0.4) is 0 Å². The number of ether oxygens (including phenoxy) is 1. The van der Waals surface area contributed by atoms with E-state index in [4.69, 9.17) is 4.74 Å². The van der Waals surface area contributed by atoms with Gasteiger partial charge in [0.05, 0.1) is 12.4 Å². The maximum absolute atomic E-state index is 11.4. The third-order valence-electron chi connectivity index (χ3n) is 4.65. The first kappa shape index (κ1) is 17.2. The van der Waals surface area contributed by atoms with Crippen LogP contribution in [-0.2, 0) is 14.8 Å². The Morgan fingerprint density at radius 1 is 1.14 bits per heavy atom. The zero-order valence-electron chi connectivity index (χ0n) is 13.2. The van der Waals surface area contributed by atoms with Crippen LogP contribution in [0.2, 0.25) is 0 Å². The lowest BCUT2D eigenvalue weighted by Crippen LogP contribution is -2.29. The van der Waals surface area contributed by atoms with Crippen molar-refractivity contribution in [3.8, 4) is 0 Å². The summed E-state index contributed by atoms with van der Waals surface area (Å²) in [5.74, 6) is 0.922. The number of nitrogens with zero attached hydrogens (tertiary/aromatic N) is 1. The van der Waals surface area contributed by atoms with Gasteiger partial charge in [0.15, 0.2) is 0 Å². The molecule has 0 aromatic rings. The largest absolute Gasteiger partial charge is 0.377 e. The molecule has 0 spiro atoms. The molecular formula is C15H30N2O3S. The summed E-state index contributed by atoms with van der Waals surface area (Å²) in [5, 5.41) is 3.40. The van der Waals surface area contributed by atoms with Crippen LogP contribution in [-0.4, -0.2) is 57.9 Å². The summed E-state index contributed by atoms with van der Waals surface area (Å²) in [5.41, 5.74) is 0. The minimum absolute atomic E-state index is 0.101. The number of hydrogen-bond donors (Lipinski definition) is 1. The maximum atomic E-state index is 11.4. The van der Waals surface area contributed by atoms with E-state index in [0.29, 0.717) is 13.1 Å². The monoisotopic (exact) mass is 318 g/mol. The van der Waals surface area contributed by atoms with Crippen LogP contribution in [0.25, 0.3) is 0 Å². The van der Waals surface area contributed by atoms with Crippen LogP contribution in [0.1, 0.15) is 44.9 Å². The summed E-state index contributed by atoms with van der Waals surface area (Å²) in [4.78, 5) is 0. The Labute approximate surface area is 129 Å². The summed E-state index contributed by atoms with van der Waals surface area (Å²) in [6.45, 7) is 4.29. The van der Waals surface area contributed by atoms with Crippen LogP contribution < -0.4 is 5.32 Å². The highest BCUT2D eigenvalue weighted by Crippen LogP contribution is 2.20. The van der Waals surface area contributed by atoms with Crippen LogP contribution >= 0.6 is 0 Å². The summed E-state index contributed by atoms with van der Waals surface area (Å²) < 4.78 is 30.1. The topological polar surface area (TPSA) is 58.6 Å². The predicted molar refractivity (Wildman–Crippen MR) is 84.8 cm³/mol. The fourth-order valence-corrected chi connectivity index (χ4v) is 4.14. The van der Waals surface area contributed by atoms with E-state index in [-0.39, 0.29) is 6.10 Å². The first-order valence-corrected chi connectivity index (χ1v) is 10.2. The van der Waals surface area contributed by atoms with Gasteiger partial charge in [-0.1, -0.05) is 19.3 Å². The molecule has 1 atom stereocenters. The van der Waals surface area contributed by atoms with E-state index in [2.05, 4.69) is 5.32 Å². The molecule has 0 radical (unpaired) electrons. The quantitative estimate of drug-likeness (QED) is 0.691. The molecule has 0 aromatic heterocycles. The van der Waals surface area contributed by atoms with Gasteiger partial charge in [0.1, 0.15) is 0 Å². The smallest absolute Gasteiger partial charge is 0.211 e. The van der Waals surface area contributed by atoms with E-state index >= 15 is 0 Å². The Morgan fingerprint density at radius 3 is 2.57 bits per heavy atom. The van der Waals surface area contributed by atoms with Crippen LogP contribution in [0, 0.1) is 5.92 Å². The summed E-state index contributed by atoms with van der Waals surface area (Å²) in [7, 11) is -3.04. The molecule has 2 aliphatic rings. The highest BCUT2D eigenvalue weighted by molar-refractivity contribution is 7.88. The number of rotatable bonds is 8. The van der Waals surface area contributed by atoms with Gasteiger partial charge in [-0.3, -0.25) is 0 Å². The fourth-order valence-electron chi connectivity index (χ4n) is 3.27. The van der Waals surface area contributed by atoms with E-state index in [1.54, 1.807) is 0 Å². The molecule has 2 saturated heterocycles. The van der Waals surface area contributed by atoms with Crippen LogP contribution in [0.15, 0.2) is 0 Å². The SMILES string of the molecule is CS(=O)(=O)N1CCC(OCCCCCC2CCNCC2)C1. The molecule has 0 saturated carbocycles. The van der Waals surface area contributed by atoms with Gasteiger partial charge in [-0.05, 0) is 44.7 Å². The van der Waals surface area contributed by atoms with Crippen molar-refractivity contribution in [3.63, 3.8) is 0 Å². The average molecular weight is 318 g/mol. The standard InChI is InChI=1S/C15H30N2O3S/c1-21(18,19)17-11-8-15(13-17)20-12-4-2-3-5-14-6-9-16-10-7-14/h14-16H,2-13H2,1H3. The first-order valence-electron chi connectivity index (χ1n) is 8.33. The third-order valence-corrected chi connectivity index (χ3v) is 5.92. The molecular weight excluding hydrogens is 288 g/mol. The van der Waals surface area contributed by atoms with Crippen molar-refractivity contribution in [2.75, 3.05) is 39.0 Å². The minimum Gasteiger partial charge on any atom is -0.377 e. The second kappa shape index (κ2) is 8.46. The number of hydrogen-bond acceptors (Lipinski definition) is 4. The first-order chi connectivity index (χ1) is 10.1. The molecule has 0 aliphatic carbocycles. The molecule has 1 unspecified atom stereocenters. The molecule has 2 rings (SSSR count). The van der Waals surface area contributed by atoms with Crippen LogP contribution in [0.4, 0.5) is 0 Å². The lowest BCUT2D eigenvalue weighted by Gasteiger charge is -2.22. The Balaban J connectivity index is 1.47. The molecule has 2 aliphatic heterocycles. The summed E-state index contributed by atoms with van der Waals surface area (Å²) >= 11 is 0. The van der Waals surface area contributed by atoms with Crippen molar-refractivity contribution in [1.82, 2.24) is 9.62 Å². The molecule has 6 heteroatoms. The van der Waals surface area contributed by atoms with Crippen molar-refractivity contribution in [1.29, 1.82) is 0 Å². The van der Waals surface area contributed by atoms with Gasteiger partial charge >= 0.3 is 0 Å². The highest BCUT2D eigenvalue weighted by Gasteiger charge is 2.28. The zero-order chi connectivity index (χ0) is 15.1. The zero-order valence-corrected chi connectivity index (χ0v) is 14.0. The fraction of sp³-hybridized carbons (Fsp3) is 1.00. The van der Waals surface area contributed by atoms with E-state index in [0.717, 1.165) is 25.4 Å². The van der Waals surface area contributed by atoms with Crippen molar-refractivity contribution >= 4 is 10.0 Å².